The predicted octanol–water partition coefficient (Wildman–Crippen LogP) is 4.42. The van der Waals surface area contributed by atoms with Gasteiger partial charge in [-0.05, 0) is 49.7 Å². The molecule has 26 heavy (non-hydrogen) atoms. The normalized spacial score (nSPS) is 15.7. The minimum Gasteiger partial charge on any atom is -0.479 e. The molecule has 138 valence electrons. The van der Waals surface area contributed by atoms with E-state index in [0.717, 1.165) is 13.1 Å². The van der Waals surface area contributed by atoms with Crippen LogP contribution in [0.2, 0.25) is 10.0 Å². The van der Waals surface area contributed by atoms with Crippen molar-refractivity contribution in [3.63, 3.8) is 0 Å². The minimum atomic E-state index is -0.598. The van der Waals surface area contributed by atoms with Gasteiger partial charge in [0.25, 0.3) is 5.91 Å². The highest BCUT2D eigenvalue weighted by Crippen LogP contribution is 2.28. The van der Waals surface area contributed by atoms with Crippen LogP contribution in [0.4, 0.5) is 5.69 Å². The van der Waals surface area contributed by atoms with Gasteiger partial charge in [0.05, 0.1) is 5.02 Å². The summed E-state index contributed by atoms with van der Waals surface area (Å²) in [6.45, 7) is 6.81. The molecule has 1 aliphatic heterocycles. The van der Waals surface area contributed by atoms with E-state index in [2.05, 4.69) is 36.1 Å². The molecule has 6 heteroatoms. The third-order valence-corrected chi connectivity index (χ3v) is 5.03. The largest absolute Gasteiger partial charge is 0.479 e. The van der Waals surface area contributed by atoms with E-state index >= 15 is 0 Å². The zero-order valence-corrected chi connectivity index (χ0v) is 16.4. The average molecular weight is 393 g/mol. The molecule has 1 saturated heterocycles. The van der Waals surface area contributed by atoms with Gasteiger partial charge in [-0.15, -0.1) is 0 Å². The van der Waals surface area contributed by atoms with Crippen LogP contribution in [-0.4, -0.2) is 43.1 Å². The van der Waals surface area contributed by atoms with E-state index in [4.69, 9.17) is 27.9 Å². The Morgan fingerprint density at radius 2 is 1.81 bits per heavy atom. The Balaban J connectivity index is 1.57. The number of nitrogens with zero attached hydrogens (tertiary/aromatic N) is 2. The first-order valence-corrected chi connectivity index (χ1v) is 9.42. The summed E-state index contributed by atoms with van der Waals surface area (Å²) in [4.78, 5) is 16.8. The smallest absolute Gasteiger partial charge is 0.263 e. The lowest BCUT2D eigenvalue weighted by Crippen LogP contribution is -2.52. The van der Waals surface area contributed by atoms with E-state index < -0.39 is 6.10 Å². The molecule has 4 nitrogen and oxygen atoms in total. The van der Waals surface area contributed by atoms with Gasteiger partial charge in [-0.3, -0.25) is 4.79 Å². The topological polar surface area (TPSA) is 32.8 Å². The minimum absolute atomic E-state index is 0.0279. The van der Waals surface area contributed by atoms with E-state index in [-0.39, 0.29) is 5.91 Å². The van der Waals surface area contributed by atoms with Crippen LogP contribution in [0.1, 0.15) is 12.5 Å². The number of halogens is 2. The third-order valence-electron chi connectivity index (χ3n) is 4.50. The molecule has 0 bridgehead atoms. The monoisotopic (exact) mass is 392 g/mol. The molecule has 0 saturated carbocycles. The maximum absolute atomic E-state index is 12.7. The number of hydrogen-bond donors (Lipinski definition) is 0. The fourth-order valence-electron chi connectivity index (χ4n) is 3.08. The van der Waals surface area contributed by atoms with Gasteiger partial charge in [0.1, 0.15) is 5.75 Å². The number of rotatable bonds is 4. The number of ether oxygens (including phenoxy) is 1. The molecule has 2 aromatic rings. The number of aryl methyl sites for hydroxylation is 1. The van der Waals surface area contributed by atoms with Gasteiger partial charge >= 0.3 is 0 Å². The number of carbonyl (C=O) groups excluding carboxylic acids is 1. The molecule has 3 rings (SSSR count). The highest BCUT2D eigenvalue weighted by Gasteiger charge is 2.26. The van der Waals surface area contributed by atoms with Crippen LogP contribution in [0.25, 0.3) is 0 Å². The van der Waals surface area contributed by atoms with Crippen LogP contribution in [0.5, 0.6) is 5.75 Å². The molecule has 1 fully saturated rings. The van der Waals surface area contributed by atoms with Crippen LogP contribution in [0, 0.1) is 6.92 Å². The Morgan fingerprint density at radius 1 is 1.08 bits per heavy atom. The average Bonchev–Trinajstić information content (AvgIpc) is 2.63. The Bertz CT molecular complexity index is 789. The van der Waals surface area contributed by atoms with E-state index in [9.17, 15) is 4.79 Å². The zero-order chi connectivity index (χ0) is 18.7. The molecule has 0 N–H and O–H groups in total. The van der Waals surface area contributed by atoms with Gasteiger partial charge in [-0.25, -0.2) is 0 Å². The van der Waals surface area contributed by atoms with Gasteiger partial charge in [-0.1, -0.05) is 35.3 Å². The molecule has 0 aliphatic carbocycles. The highest BCUT2D eigenvalue weighted by molar-refractivity contribution is 6.35. The molecule has 2 aromatic carbocycles. The quantitative estimate of drug-likeness (QED) is 0.771. The van der Waals surface area contributed by atoms with Crippen LogP contribution in [0.3, 0.4) is 0 Å². The highest BCUT2D eigenvalue weighted by atomic mass is 35.5. The van der Waals surface area contributed by atoms with Gasteiger partial charge in [-0.2, -0.15) is 0 Å². The van der Waals surface area contributed by atoms with Gasteiger partial charge in [0, 0.05) is 36.9 Å². The van der Waals surface area contributed by atoms with Crippen molar-refractivity contribution in [3.8, 4) is 5.75 Å². The van der Waals surface area contributed by atoms with Gasteiger partial charge in [0.15, 0.2) is 6.10 Å². The molecule has 1 aliphatic rings. The van der Waals surface area contributed by atoms with Gasteiger partial charge < -0.3 is 14.5 Å². The second kappa shape index (κ2) is 8.19. The molecule has 1 heterocycles. The van der Waals surface area contributed by atoms with E-state index in [1.807, 2.05) is 4.90 Å². The molecule has 0 spiro atoms. The first-order chi connectivity index (χ1) is 12.4. The molecule has 1 atom stereocenters. The number of benzene rings is 2. The van der Waals surface area contributed by atoms with Crippen molar-refractivity contribution in [1.29, 1.82) is 0 Å². The lowest BCUT2D eigenvalue weighted by molar-refractivity contribution is -0.138. The van der Waals surface area contributed by atoms with Crippen molar-refractivity contribution >= 4 is 34.8 Å². The molecule has 0 radical (unpaired) electrons. The summed E-state index contributed by atoms with van der Waals surface area (Å²) >= 11 is 12.0. The fraction of sp³-hybridized carbons (Fsp3) is 0.350. The first-order valence-electron chi connectivity index (χ1n) is 8.66. The third kappa shape index (κ3) is 4.43. The zero-order valence-electron chi connectivity index (χ0n) is 14.9. The number of piperazine rings is 1. The summed E-state index contributed by atoms with van der Waals surface area (Å²) in [5, 5.41) is 0.940. The summed E-state index contributed by atoms with van der Waals surface area (Å²) in [5.74, 6) is 0.440. The number of amides is 1. The maximum Gasteiger partial charge on any atom is 0.263 e. The number of carbonyl (C=O) groups is 1. The Labute approximate surface area is 164 Å². The summed E-state index contributed by atoms with van der Waals surface area (Å²) in [6, 6.07) is 13.4. The maximum atomic E-state index is 12.7. The van der Waals surface area contributed by atoms with Crippen molar-refractivity contribution in [2.45, 2.75) is 20.0 Å². The van der Waals surface area contributed by atoms with Crippen LogP contribution in [-0.2, 0) is 4.79 Å². The Morgan fingerprint density at radius 3 is 2.46 bits per heavy atom. The Kier molecular flexibility index (Phi) is 5.94. The van der Waals surface area contributed by atoms with E-state index in [0.29, 0.717) is 28.9 Å². The van der Waals surface area contributed by atoms with Crippen LogP contribution >= 0.6 is 23.2 Å². The van der Waals surface area contributed by atoms with Crippen molar-refractivity contribution < 1.29 is 9.53 Å². The van der Waals surface area contributed by atoms with Crippen LogP contribution in [0.15, 0.2) is 42.5 Å². The van der Waals surface area contributed by atoms with Crippen molar-refractivity contribution in [3.05, 3.63) is 58.1 Å². The molecule has 1 unspecified atom stereocenters. The summed E-state index contributed by atoms with van der Waals surface area (Å²) in [6.07, 6.45) is -0.598. The molecular formula is C20H22Cl2N2O2. The van der Waals surface area contributed by atoms with Crippen molar-refractivity contribution in [1.82, 2.24) is 4.90 Å². The second-order valence-corrected chi connectivity index (χ2v) is 7.33. The lowest BCUT2D eigenvalue weighted by Gasteiger charge is -2.37. The number of anilines is 1. The SMILES string of the molecule is Cc1cccc(N2CCN(C(=O)C(C)Oc3ccc(Cl)cc3Cl)CC2)c1. The van der Waals surface area contributed by atoms with E-state index in [1.165, 1.54) is 11.3 Å². The number of hydrogen-bond acceptors (Lipinski definition) is 3. The van der Waals surface area contributed by atoms with Crippen LogP contribution < -0.4 is 9.64 Å². The summed E-state index contributed by atoms with van der Waals surface area (Å²) in [5.41, 5.74) is 2.44. The summed E-state index contributed by atoms with van der Waals surface area (Å²) < 4.78 is 5.75. The predicted molar refractivity (Wildman–Crippen MR) is 107 cm³/mol. The lowest BCUT2D eigenvalue weighted by atomic mass is 10.2. The first kappa shape index (κ1) is 18.9. The molecule has 0 aromatic heterocycles. The Hall–Kier alpha value is -1.91. The van der Waals surface area contributed by atoms with Gasteiger partial charge in [0.2, 0.25) is 0 Å². The van der Waals surface area contributed by atoms with E-state index in [1.54, 1.807) is 25.1 Å². The molecule has 1 amide bonds. The fourth-order valence-corrected chi connectivity index (χ4v) is 3.53. The second-order valence-electron chi connectivity index (χ2n) is 6.49. The molecular weight excluding hydrogens is 371 g/mol. The van der Waals surface area contributed by atoms with Crippen molar-refractivity contribution in [2.75, 3.05) is 31.1 Å². The summed E-state index contributed by atoms with van der Waals surface area (Å²) in [7, 11) is 0. The van der Waals surface area contributed by atoms with Crippen molar-refractivity contribution in [2.24, 2.45) is 0 Å². The standard InChI is InChI=1S/C20H22Cl2N2O2/c1-14-4-3-5-17(12-14)23-8-10-24(11-9-23)20(25)15(2)26-19-7-6-16(21)13-18(19)22/h3-7,12-13,15H,8-11H2,1-2H3.